The molecule has 0 saturated carbocycles. The average molecular weight is 302 g/mol. The van der Waals surface area contributed by atoms with E-state index < -0.39 is 12.1 Å². The van der Waals surface area contributed by atoms with Crippen LogP contribution < -0.4 is 4.74 Å². The molecule has 1 N–H and O–H groups in total. The highest BCUT2D eigenvalue weighted by atomic mass is 16.5. The molecular formula is C17H18O5. The SMILES string of the molecule is CC(=O)C(=Cc1cc2c(cc1C)OC(C(=O)O)C2C)C(C)=O. The third kappa shape index (κ3) is 2.79. The highest BCUT2D eigenvalue weighted by Crippen LogP contribution is 2.40. The molecule has 5 heteroatoms. The Kier molecular flexibility index (Phi) is 4.17. The number of carboxylic acids is 1. The lowest BCUT2D eigenvalue weighted by Gasteiger charge is -2.09. The van der Waals surface area contributed by atoms with Crippen LogP contribution in [0, 0.1) is 6.92 Å². The van der Waals surface area contributed by atoms with Gasteiger partial charge >= 0.3 is 5.97 Å². The van der Waals surface area contributed by atoms with Gasteiger partial charge in [-0.3, -0.25) is 9.59 Å². The van der Waals surface area contributed by atoms with E-state index in [-0.39, 0.29) is 23.1 Å². The second-order valence-electron chi connectivity index (χ2n) is 5.58. The van der Waals surface area contributed by atoms with Gasteiger partial charge in [0.05, 0.1) is 5.57 Å². The Bertz CT molecular complexity index is 683. The summed E-state index contributed by atoms with van der Waals surface area (Å²) in [4.78, 5) is 34.3. The number of Topliss-reactive ketones (excluding diaryl/α,β-unsaturated/α-hetero) is 2. The molecule has 1 aliphatic rings. The Hall–Kier alpha value is -2.43. The van der Waals surface area contributed by atoms with Gasteiger partial charge in [0, 0.05) is 11.5 Å². The molecule has 0 spiro atoms. The summed E-state index contributed by atoms with van der Waals surface area (Å²) in [7, 11) is 0. The van der Waals surface area contributed by atoms with Crippen molar-refractivity contribution in [1.82, 2.24) is 0 Å². The molecule has 1 aromatic rings. The number of rotatable bonds is 4. The highest BCUT2D eigenvalue weighted by molar-refractivity contribution is 6.21. The first-order chi connectivity index (χ1) is 10.2. The number of carbonyl (C=O) groups excluding carboxylic acids is 2. The minimum atomic E-state index is -1.01. The summed E-state index contributed by atoms with van der Waals surface area (Å²) in [6, 6.07) is 3.54. The quantitative estimate of drug-likeness (QED) is 0.525. The molecule has 0 amide bonds. The molecule has 2 rings (SSSR count). The molecule has 0 fully saturated rings. The zero-order chi connectivity index (χ0) is 16.6. The van der Waals surface area contributed by atoms with Gasteiger partial charge in [0.1, 0.15) is 5.75 Å². The van der Waals surface area contributed by atoms with Crippen LogP contribution in [0.25, 0.3) is 6.08 Å². The van der Waals surface area contributed by atoms with Crippen molar-refractivity contribution in [2.24, 2.45) is 0 Å². The Labute approximate surface area is 128 Å². The van der Waals surface area contributed by atoms with E-state index in [9.17, 15) is 14.4 Å². The lowest BCUT2D eigenvalue weighted by molar-refractivity contribution is -0.145. The predicted molar refractivity (Wildman–Crippen MR) is 81.0 cm³/mol. The molecule has 1 aromatic carbocycles. The van der Waals surface area contributed by atoms with E-state index in [1.54, 1.807) is 25.1 Å². The number of ether oxygens (including phenoxy) is 1. The van der Waals surface area contributed by atoms with E-state index in [0.717, 1.165) is 16.7 Å². The summed E-state index contributed by atoms with van der Waals surface area (Å²) in [5.41, 5.74) is 2.44. The summed E-state index contributed by atoms with van der Waals surface area (Å²) >= 11 is 0. The smallest absolute Gasteiger partial charge is 0.345 e. The van der Waals surface area contributed by atoms with Crippen molar-refractivity contribution in [2.45, 2.75) is 39.7 Å². The zero-order valence-electron chi connectivity index (χ0n) is 13.0. The fourth-order valence-electron chi connectivity index (χ4n) is 2.60. The van der Waals surface area contributed by atoms with Gasteiger partial charge in [0.15, 0.2) is 11.6 Å². The van der Waals surface area contributed by atoms with Gasteiger partial charge in [0.2, 0.25) is 6.10 Å². The number of aliphatic carboxylic acids is 1. The van der Waals surface area contributed by atoms with Gasteiger partial charge < -0.3 is 9.84 Å². The van der Waals surface area contributed by atoms with Crippen molar-refractivity contribution >= 4 is 23.6 Å². The van der Waals surface area contributed by atoms with Gasteiger partial charge in [-0.15, -0.1) is 0 Å². The molecule has 0 radical (unpaired) electrons. The summed E-state index contributed by atoms with van der Waals surface area (Å²) in [5.74, 6) is -1.34. The number of aryl methyl sites for hydroxylation is 1. The number of hydrogen-bond acceptors (Lipinski definition) is 4. The standard InChI is InChI=1S/C17H18O5/c1-8-5-15-13(9(2)16(22-15)17(20)21)6-12(8)7-14(10(3)18)11(4)19/h5-7,9,16H,1-4H3,(H,20,21). The molecule has 5 nitrogen and oxygen atoms in total. The number of carboxylic acid groups (broad SMARTS) is 1. The molecule has 116 valence electrons. The average Bonchev–Trinajstić information content (AvgIpc) is 2.72. The minimum Gasteiger partial charge on any atom is -0.478 e. The van der Waals surface area contributed by atoms with Crippen LogP contribution in [0.3, 0.4) is 0 Å². The molecule has 2 unspecified atom stereocenters. The van der Waals surface area contributed by atoms with E-state index in [1.807, 2.05) is 6.92 Å². The molecule has 1 heterocycles. The van der Waals surface area contributed by atoms with Crippen LogP contribution in [0.5, 0.6) is 5.75 Å². The Morgan fingerprint density at radius 2 is 1.77 bits per heavy atom. The van der Waals surface area contributed by atoms with E-state index in [0.29, 0.717) is 5.75 Å². The van der Waals surface area contributed by atoms with Crippen molar-refractivity contribution in [3.63, 3.8) is 0 Å². The summed E-state index contributed by atoms with van der Waals surface area (Å²) in [6.45, 7) is 6.31. The van der Waals surface area contributed by atoms with Crippen molar-refractivity contribution in [1.29, 1.82) is 0 Å². The second-order valence-corrected chi connectivity index (χ2v) is 5.58. The molecule has 2 atom stereocenters. The first-order valence-electron chi connectivity index (χ1n) is 7.00. The van der Waals surface area contributed by atoms with E-state index >= 15 is 0 Å². The first kappa shape index (κ1) is 15.9. The second kappa shape index (κ2) is 5.75. The molecule has 22 heavy (non-hydrogen) atoms. The minimum absolute atomic E-state index is 0.129. The maximum Gasteiger partial charge on any atom is 0.345 e. The molecule has 0 aliphatic carbocycles. The van der Waals surface area contributed by atoms with Gasteiger partial charge in [-0.1, -0.05) is 6.92 Å². The van der Waals surface area contributed by atoms with Crippen LogP contribution >= 0.6 is 0 Å². The first-order valence-corrected chi connectivity index (χ1v) is 7.00. The number of ketones is 2. The summed E-state index contributed by atoms with van der Waals surface area (Å²) in [6.07, 6.45) is 0.648. The van der Waals surface area contributed by atoms with Crippen LogP contribution in [0.1, 0.15) is 43.4 Å². The lowest BCUT2D eigenvalue weighted by Crippen LogP contribution is -2.27. The Morgan fingerprint density at radius 1 is 1.18 bits per heavy atom. The topological polar surface area (TPSA) is 80.7 Å². The van der Waals surface area contributed by atoms with Crippen molar-refractivity contribution in [3.05, 3.63) is 34.4 Å². The molecule has 1 aliphatic heterocycles. The predicted octanol–water partition coefficient (Wildman–Crippen LogP) is 2.51. The largest absolute Gasteiger partial charge is 0.478 e. The Morgan fingerprint density at radius 3 is 2.27 bits per heavy atom. The number of benzene rings is 1. The highest BCUT2D eigenvalue weighted by Gasteiger charge is 2.36. The van der Waals surface area contributed by atoms with E-state index in [4.69, 9.17) is 9.84 Å². The van der Waals surface area contributed by atoms with E-state index in [2.05, 4.69) is 0 Å². The zero-order valence-corrected chi connectivity index (χ0v) is 13.0. The number of carbonyl (C=O) groups is 3. The van der Waals surface area contributed by atoms with Gasteiger partial charge in [-0.2, -0.15) is 0 Å². The summed E-state index contributed by atoms with van der Waals surface area (Å²) < 4.78 is 5.46. The lowest BCUT2D eigenvalue weighted by atomic mass is 9.93. The molecular weight excluding hydrogens is 284 g/mol. The monoisotopic (exact) mass is 302 g/mol. The Balaban J connectivity index is 2.51. The molecule has 0 bridgehead atoms. The van der Waals surface area contributed by atoms with Crippen molar-refractivity contribution in [2.75, 3.05) is 0 Å². The number of allylic oxidation sites excluding steroid dienone is 1. The molecule has 0 saturated heterocycles. The fraction of sp³-hybridized carbons (Fsp3) is 0.353. The van der Waals surface area contributed by atoms with E-state index in [1.165, 1.54) is 13.8 Å². The third-order valence-electron chi connectivity index (χ3n) is 3.90. The molecule has 0 aromatic heterocycles. The summed E-state index contributed by atoms with van der Waals surface area (Å²) in [5, 5.41) is 9.16. The maximum absolute atomic E-state index is 11.5. The van der Waals surface area contributed by atoms with Crippen LogP contribution in [-0.4, -0.2) is 28.7 Å². The maximum atomic E-state index is 11.5. The number of hydrogen-bond donors (Lipinski definition) is 1. The van der Waals surface area contributed by atoms with Crippen LogP contribution in [0.2, 0.25) is 0 Å². The van der Waals surface area contributed by atoms with Crippen LogP contribution in [0.4, 0.5) is 0 Å². The normalized spacial score (nSPS) is 19.1. The van der Waals surface area contributed by atoms with Crippen LogP contribution in [0.15, 0.2) is 17.7 Å². The van der Waals surface area contributed by atoms with Crippen molar-refractivity contribution < 1.29 is 24.2 Å². The third-order valence-corrected chi connectivity index (χ3v) is 3.90. The van der Waals surface area contributed by atoms with Gasteiger partial charge in [0.25, 0.3) is 0 Å². The number of fused-ring (bicyclic) bond motifs is 1. The van der Waals surface area contributed by atoms with Gasteiger partial charge in [-0.05, 0) is 50.1 Å². The van der Waals surface area contributed by atoms with Gasteiger partial charge in [-0.25, -0.2) is 4.79 Å². The van der Waals surface area contributed by atoms with Crippen molar-refractivity contribution in [3.8, 4) is 5.75 Å². The fourth-order valence-corrected chi connectivity index (χ4v) is 2.60. The van der Waals surface area contributed by atoms with Crippen LogP contribution in [-0.2, 0) is 14.4 Å².